The Balaban J connectivity index is 1.35. The summed E-state index contributed by atoms with van der Waals surface area (Å²) in [7, 11) is 1.59. The summed E-state index contributed by atoms with van der Waals surface area (Å²) in [6.07, 6.45) is -3.58. The highest BCUT2D eigenvalue weighted by Gasteiger charge is 2.31. The summed E-state index contributed by atoms with van der Waals surface area (Å²) in [6, 6.07) is 19.8. The van der Waals surface area contributed by atoms with Crippen molar-refractivity contribution in [1.29, 1.82) is 0 Å². The summed E-state index contributed by atoms with van der Waals surface area (Å²) in [5.41, 5.74) is 2.87. The van der Waals surface area contributed by atoms with Gasteiger partial charge in [0, 0.05) is 5.56 Å². The second kappa shape index (κ2) is 10.5. The molecular weight excluding hydrogens is 475 g/mol. The van der Waals surface area contributed by atoms with Crippen LogP contribution in [0.15, 0.2) is 79.1 Å². The lowest BCUT2D eigenvalue weighted by Crippen LogP contribution is -2.17. The zero-order chi connectivity index (χ0) is 25.7. The molecule has 0 aliphatic rings. The molecule has 1 heterocycles. The smallest absolute Gasteiger partial charge is 0.497 e. The zero-order valence-electron chi connectivity index (χ0n) is 19.4. The van der Waals surface area contributed by atoms with Crippen LogP contribution in [0.2, 0.25) is 0 Å². The van der Waals surface area contributed by atoms with Crippen LogP contribution >= 0.6 is 0 Å². The van der Waals surface area contributed by atoms with Gasteiger partial charge in [0.25, 0.3) is 0 Å². The van der Waals surface area contributed by atoms with E-state index >= 15 is 0 Å². The number of hydrogen-bond acceptors (Lipinski definition) is 6. The molecule has 0 aliphatic carbocycles. The van der Waals surface area contributed by atoms with E-state index in [1.165, 1.54) is 35.3 Å². The zero-order valence-corrected chi connectivity index (χ0v) is 19.4. The maximum absolute atomic E-state index is 12.4. The molecule has 1 aromatic heterocycles. The van der Waals surface area contributed by atoms with Gasteiger partial charge in [-0.3, -0.25) is 4.79 Å². The lowest BCUT2D eigenvalue weighted by molar-refractivity contribution is -0.274. The van der Waals surface area contributed by atoms with Crippen LogP contribution in [0.4, 0.5) is 13.2 Å². The summed E-state index contributed by atoms with van der Waals surface area (Å²) in [6.45, 7) is 1.81. The second-order valence-electron chi connectivity index (χ2n) is 7.83. The third-order valence-corrected chi connectivity index (χ3v) is 5.28. The predicted molar refractivity (Wildman–Crippen MR) is 125 cm³/mol. The number of benzene rings is 3. The number of ether oxygens (including phenoxy) is 3. The number of methoxy groups -OCH3 is 1. The van der Waals surface area contributed by atoms with Gasteiger partial charge >= 0.3 is 12.3 Å². The van der Waals surface area contributed by atoms with Gasteiger partial charge in [0.2, 0.25) is 0 Å². The molecule has 0 spiro atoms. The molecule has 3 aromatic carbocycles. The summed E-state index contributed by atoms with van der Waals surface area (Å²) in [5.74, 6) is 0.475. The van der Waals surface area contributed by atoms with Crippen molar-refractivity contribution in [3.8, 4) is 28.6 Å². The molecule has 186 valence electrons. The van der Waals surface area contributed by atoms with Gasteiger partial charge < -0.3 is 14.2 Å². The quantitative estimate of drug-likeness (QED) is 0.291. The third kappa shape index (κ3) is 6.41. The summed E-state index contributed by atoms with van der Waals surface area (Å²) < 4.78 is 53.0. The first-order valence-corrected chi connectivity index (χ1v) is 10.9. The molecule has 0 N–H and O–H groups in total. The number of esters is 1. The number of halogens is 3. The number of alkyl halides is 3. The third-order valence-electron chi connectivity index (χ3n) is 5.28. The van der Waals surface area contributed by atoms with E-state index in [4.69, 9.17) is 9.47 Å². The van der Waals surface area contributed by atoms with Gasteiger partial charge in [-0.15, -0.1) is 18.3 Å². The highest BCUT2D eigenvalue weighted by atomic mass is 19.4. The topological polar surface area (TPSA) is 75.5 Å². The van der Waals surface area contributed by atoms with Crippen molar-refractivity contribution in [2.24, 2.45) is 0 Å². The van der Waals surface area contributed by atoms with Crippen LogP contribution in [0.3, 0.4) is 0 Å². The first-order chi connectivity index (χ1) is 17.2. The van der Waals surface area contributed by atoms with E-state index in [2.05, 4.69) is 14.8 Å². The molecule has 0 saturated heterocycles. The van der Waals surface area contributed by atoms with Crippen LogP contribution in [-0.4, -0.2) is 34.2 Å². The number of aromatic nitrogens is 3. The van der Waals surface area contributed by atoms with Crippen LogP contribution in [0.1, 0.15) is 24.2 Å². The number of carbonyl (C=O) groups is 1. The molecule has 0 radical (unpaired) electrons. The monoisotopic (exact) mass is 497 g/mol. The normalized spacial score (nSPS) is 12.1. The predicted octanol–water partition coefficient (Wildman–Crippen LogP) is 5.69. The molecule has 7 nitrogen and oxygen atoms in total. The highest BCUT2D eigenvalue weighted by molar-refractivity contribution is 5.73. The van der Waals surface area contributed by atoms with Crippen molar-refractivity contribution in [3.05, 3.63) is 90.3 Å². The molecule has 4 aromatic rings. The van der Waals surface area contributed by atoms with Crippen molar-refractivity contribution >= 4 is 5.97 Å². The van der Waals surface area contributed by atoms with E-state index < -0.39 is 12.5 Å². The Morgan fingerprint density at radius 1 is 0.944 bits per heavy atom. The molecule has 4 rings (SSSR count). The van der Waals surface area contributed by atoms with Crippen molar-refractivity contribution < 1.29 is 32.2 Å². The molecular formula is C26H22F3N3O4. The van der Waals surface area contributed by atoms with Crippen LogP contribution < -0.4 is 9.47 Å². The fourth-order valence-corrected chi connectivity index (χ4v) is 3.44. The Morgan fingerprint density at radius 2 is 1.58 bits per heavy atom. The SMILES string of the molecule is COc1ccc(C(C)OC(=O)Cc2ccc(-c3ncn(-c4ccc(OC(F)(F)F)cc4)n3)cc2)cc1. The summed E-state index contributed by atoms with van der Waals surface area (Å²) >= 11 is 0. The maximum atomic E-state index is 12.4. The fourth-order valence-electron chi connectivity index (χ4n) is 3.44. The summed E-state index contributed by atoms with van der Waals surface area (Å²) in [4.78, 5) is 16.6. The van der Waals surface area contributed by atoms with Crippen molar-refractivity contribution in [3.63, 3.8) is 0 Å². The largest absolute Gasteiger partial charge is 0.573 e. The minimum absolute atomic E-state index is 0.106. The lowest BCUT2D eigenvalue weighted by atomic mass is 10.1. The van der Waals surface area contributed by atoms with Crippen molar-refractivity contribution in [2.75, 3.05) is 7.11 Å². The molecule has 0 fully saturated rings. The minimum Gasteiger partial charge on any atom is -0.497 e. The number of rotatable bonds is 8. The summed E-state index contributed by atoms with van der Waals surface area (Å²) in [5, 5.41) is 4.37. The van der Waals surface area contributed by atoms with Gasteiger partial charge in [-0.25, -0.2) is 9.67 Å². The minimum atomic E-state index is -4.75. The maximum Gasteiger partial charge on any atom is 0.573 e. The van der Waals surface area contributed by atoms with E-state index in [-0.39, 0.29) is 18.1 Å². The molecule has 1 unspecified atom stereocenters. The molecule has 10 heteroatoms. The van der Waals surface area contributed by atoms with Crippen LogP contribution in [-0.2, 0) is 16.0 Å². The van der Waals surface area contributed by atoms with Gasteiger partial charge in [0.05, 0.1) is 19.2 Å². The van der Waals surface area contributed by atoms with E-state index in [0.29, 0.717) is 11.5 Å². The molecule has 0 bridgehead atoms. The lowest BCUT2D eigenvalue weighted by Gasteiger charge is -2.14. The second-order valence-corrected chi connectivity index (χ2v) is 7.83. The van der Waals surface area contributed by atoms with Crippen LogP contribution in [0.25, 0.3) is 17.1 Å². The molecule has 0 amide bonds. The first-order valence-electron chi connectivity index (χ1n) is 10.9. The Labute approximate surface area is 205 Å². The molecule has 36 heavy (non-hydrogen) atoms. The number of nitrogens with zero attached hydrogens (tertiary/aromatic N) is 3. The first kappa shape index (κ1) is 24.8. The highest BCUT2D eigenvalue weighted by Crippen LogP contribution is 2.24. The van der Waals surface area contributed by atoms with Gasteiger partial charge in [0.15, 0.2) is 5.82 Å². The van der Waals surface area contributed by atoms with Gasteiger partial charge in [-0.05, 0) is 54.4 Å². The fraction of sp³-hybridized carbons (Fsp3) is 0.192. The molecule has 1 atom stereocenters. The number of hydrogen-bond donors (Lipinski definition) is 0. The van der Waals surface area contributed by atoms with E-state index in [1.54, 1.807) is 31.4 Å². The average Bonchev–Trinajstić information content (AvgIpc) is 3.34. The Kier molecular flexibility index (Phi) is 7.23. The standard InChI is InChI=1S/C26H22F3N3O4/c1-17(19-7-11-22(34-2)12-8-19)35-24(33)15-18-3-5-20(6-4-18)25-30-16-32(31-25)21-9-13-23(14-10-21)36-26(27,28)29/h3-14,16-17H,15H2,1-2H3. The van der Waals surface area contributed by atoms with Gasteiger partial charge in [-0.2, -0.15) is 0 Å². The van der Waals surface area contributed by atoms with Crippen LogP contribution in [0, 0.1) is 0 Å². The van der Waals surface area contributed by atoms with E-state index in [0.717, 1.165) is 22.4 Å². The van der Waals surface area contributed by atoms with Crippen molar-refractivity contribution in [1.82, 2.24) is 14.8 Å². The van der Waals surface area contributed by atoms with Crippen molar-refractivity contribution in [2.45, 2.75) is 25.8 Å². The van der Waals surface area contributed by atoms with Gasteiger partial charge in [0.1, 0.15) is 23.9 Å². The molecule has 0 saturated carbocycles. The molecule has 0 aliphatic heterocycles. The van der Waals surface area contributed by atoms with E-state index in [9.17, 15) is 18.0 Å². The average molecular weight is 497 g/mol. The Hall–Kier alpha value is -4.34. The van der Waals surface area contributed by atoms with Gasteiger partial charge in [-0.1, -0.05) is 36.4 Å². The van der Waals surface area contributed by atoms with E-state index in [1.807, 2.05) is 31.2 Å². The van der Waals surface area contributed by atoms with Crippen LogP contribution in [0.5, 0.6) is 11.5 Å². The Morgan fingerprint density at radius 3 is 2.19 bits per heavy atom. The Bertz CT molecular complexity index is 1300. The number of carbonyl (C=O) groups excluding carboxylic acids is 1.